The van der Waals surface area contributed by atoms with Gasteiger partial charge in [0.15, 0.2) is 0 Å². The molecule has 0 aliphatic carbocycles. The standard InChI is InChI=1S/C15H15BrN4/c1-8-4-5-11(7-13(8)16)20-15-12-6-9(2)17-14(12)18-10(3)19-15/h4-7H,1-3H3,(H2,17,18,19,20). The van der Waals surface area contributed by atoms with Gasteiger partial charge in [-0.3, -0.25) is 0 Å². The lowest BCUT2D eigenvalue weighted by Gasteiger charge is -2.09. The molecule has 0 radical (unpaired) electrons. The van der Waals surface area contributed by atoms with Crippen LogP contribution in [0.15, 0.2) is 28.7 Å². The summed E-state index contributed by atoms with van der Waals surface area (Å²) in [5.41, 5.74) is 4.15. The van der Waals surface area contributed by atoms with Crippen molar-refractivity contribution in [3.05, 3.63) is 45.8 Å². The van der Waals surface area contributed by atoms with E-state index in [1.807, 2.05) is 19.9 Å². The van der Waals surface area contributed by atoms with E-state index in [1.165, 1.54) is 5.56 Å². The van der Waals surface area contributed by atoms with E-state index in [1.54, 1.807) is 0 Å². The van der Waals surface area contributed by atoms with Gasteiger partial charge in [-0.25, -0.2) is 9.97 Å². The summed E-state index contributed by atoms with van der Waals surface area (Å²) in [4.78, 5) is 12.2. The Hall–Kier alpha value is -1.88. The van der Waals surface area contributed by atoms with Gasteiger partial charge in [0.25, 0.3) is 0 Å². The number of aromatic nitrogens is 3. The predicted octanol–water partition coefficient (Wildman–Crippen LogP) is 4.39. The predicted molar refractivity (Wildman–Crippen MR) is 85.5 cm³/mol. The highest BCUT2D eigenvalue weighted by molar-refractivity contribution is 9.10. The molecule has 0 fully saturated rings. The lowest BCUT2D eigenvalue weighted by Crippen LogP contribution is -1.98. The third-order valence-electron chi connectivity index (χ3n) is 3.17. The number of nitrogens with one attached hydrogen (secondary N) is 2. The molecule has 0 aliphatic rings. The Morgan fingerprint density at radius 2 is 1.90 bits per heavy atom. The Balaban J connectivity index is 2.07. The highest BCUT2D eigenvalue weighted by Gasteiger charge is 2.09. The molecule has 0 spiro atoms. The third kappa shape index (κ3) is 2.41. The lowest BCUT2D eigenvalue weighted by atomic mass is 10.2. The summed E-state index contributed by atoms with van der Waals surface area (Å²) in [6.45, 7) is 5.98. The number of nitrogens with zero attached hydrogens (tertiary/aromatic N) is 2. The molecule has 1 aromatic carbocycles. The van der Waals surface area contributed by atoms with Crippen molar-refractivity contribution in [2.75, 3.05) is 5.32 Å². The van der Waals surface area contributed by atoms with E-state index >= 15 is 0 Å². The molecule has 2 N–H and O–H groups in total. The number of anilines is 2. The molecule has 5 heteroatoms. The zero-order valence-electron chi connectivity index (χ0n) is 11.6. The molecule has 0 bridgehead atoms. The fourth-order valence-electron chi connectivity index (χ4n) is 2.16. The number of hydrogen-bond donors (Lipinski definition) is 2. The SMILES string of the molecule is Cc1nc(Nc2ccc(C)c(Br)c2)c2cc(C)[nH]c2n1. The van der Waals surface area contributed by atoms with Crippen LogP contribution in [0.1, 0.15) is 17.1 Å². The Labute approximate surface area is 125 Å². The smallest absolute Gasteiger partial charge is 0.143 e. The average Bonchev–Trinajstić information content (AvgIpc) is 2.74. The third-order valence-corrected chi connectivity index (χ3v) is 4.02. The van der Waals surface area contributed by atoms with Crippen molar-refractivity contribution in [1.29, 1.82) is 0 Å². The molecular weight excluding hydrogens is 316 g/mol. The van der Waals surface area contributed by atoms with E-state index in [2.05, 4.69) is 61.3 Å². The molecule has 0 atom stereocenters. The maximum atomic E-state index is 4.50. The largest absolute Gasteiger partial charge is 0.343 e. The van der Waals surface area contributed by atoms with Gasteiger partial charge in [0.05, 0.1) is 5.39 Å². The van der Waals surface area contributed by atoms with Gasteiger partial charge >= 0.3 is 0 Å². The number of aromatic amines is 1. The first-order chi connectivity index (χ1) is 9.52. The number of halogens is 1. The van der Waals surface area contributed by atoms with Crippen LogP contribution < -0.4 is 5.32 Å². The quantitative estimate of drug-likeness (QED) is 0.732. The van der Waals surface area contributed by atoms with E-state index < -0.39 is 0 Å². The Bertz CT molecular complexity index is 792. The summed E-state index contributed by atoms with van der Waals surface area (Å²) in [7, 11) is 0. The minimum Gasteiger partial charge on any atom is -0.343 e. The van der Waals surface area contributed by atoms with Gasteiger partial charge in [0, 0.05) is 15.9 Å². The number of aryl methyl sites for hydroxylation is 3. The number of hydrogen-bond acceptors (Lipinski definition) is 3. The summed E-state index contributed by atoms with van der Waals surface area (Å²) >= 11 is 3.55. The van der Waals surface area contributed by atoms with Gasteiger partial charge < -0.3 is 10.3 Å². The van der Waals surface area contributed by atoms with Crippen molar-refractivity contribution in [3.8, 4) is 0 Å². The second kappa shape index (κ2) is 4.90. The zero-order valence-corrected chi connectivity index (χ0v) is 13.2. The second-order valence-electron chi connectivity index (χ2n) is 4.92. The van der Waals surface area contributed by atoms with Crippen molar-refractivity contribution >= 4 is 38.5 Å². The van der Waals surface area contributed by atoms with Crippen LogP contribution in [-0.4, -0.2) is 15.0 Å². The van der Waals surface area contributed by atoms with Gasteiger partial charge in [0.2, 0.25) is 0 Å². The van der Waals surface area contributed by atoms with Crippen molar-refractivity contribution in [2.24, 2.45) is 0 Å². The Kier molecular flexibility index (Phi) is 3.22. The molecule has 0 amide bonds. The van der Waals surface area contributed by atoms with Gasteiger partial charge in [-0.2, -0.15) is 0 Å². The van der Waals surface area contributed by atoms with Gasteiger partial charge in [-0.05, 0) is 44.5 Å². The monoisotopic (exact) mass is 330 g/mol. The molecule has 0 saturated heterocycles. The highest BCUT2D eigenvalue weighted by atomic mass is 79.9. The summed E-state index contributed by atoms with van der Waals surface area (Å²) < 4.78 is 1.08. The maximum absolute atomic E-state index is 4.50. The van der Waals surface area contributed by atoms with E-state index in [0.717, 1.165) is 38.5 Å². The molecule has 4 nitrogen and oxygen atoms in total. The van der Waals surface area contributed by atoms with Crippen molar-refractivity contribution in [2.45, 2.75) is 20.8 Å². The highest BCUT2D eigenvalue weighted by Crippen LogP contribution is 2.27. The van der Waals surface area contributed by atoms with Crippen molar-refractivity contribution < 1.29 is 0 Å². The Morgan fingerprint density at radius 1 is 1.10 bits per heavy atom. The average molecular weight is 331 g/mol. The van der Waals surface area contributed by atoms with Crippen LogP contribution in [-0.2, 0) is 0 Å². The molecule has 102 valence electrons. The molecule has 3 aromatic rings. The maximum Gasteiger partial charge on any atom is 0.143 e. The fourth-order valence-corrected chi connectivity index (χ4v) is 2.53. The van der Waals surface area contributed by atoms with Crippen LogP contribution >= 0.6 is 15.9 Å². The van der Waals surface area contributed by atoms with Crippen molar-refractivity contribution in [1.82, 2.24) is 15.0 Å². The summed E-state index contributed by atoms with van der Waals surface area (Å²) in [6, 6.07) is 8.22. The summed E-state index contributed by atoms with van der Waals surface area (Å²) in [5, 5.41) is 4.37. The van der Waals surface area contributed by atoms with Crippen LogP contribution in [0, 0.1) is 20.8 Å². The van der Waals surface area contributed by atoms with E-state index in [-0.39, 0.29) is 0 Å². The topological polar surface area (TPSA) is 53.6 Å². The van der Waals surface area contributed by atoms with Crippen LogP contribution in [0.5, 0.6) is 0 Å². The second-order valence-corrected chi connectivity index (χ2v) is 5.78. The van der Waals surface area contributed by atoms with E-state index in [9.17, 15) is 0 Å². The number of fused-ring (bicyclic) bond motifs is 1. The summed E-state index contributed by atoms with van der Waals surface area (Å²) in [5.74, 6) is 1.57. The number of H-pyrrole nitrogens is 1. The molecule has 0 saturated carbocycles. The van der Waals surface area contributed by atoms with Gasteiger partial charge in [-0.15, -0.1) is 0 Å². The molecule has 3 rings (SSSR count). The first kappa shape index (κ1) is 13.1. The first-order valence-electron chi connectivity index (χ1n) is 6.40. The number of rotatable bonds is 2. The normalized spacial score (nSPS) is 11.0. The van der Waals surface area contributed by atoms with Crippen LogP contribution in [0.25, 0.3) is 11.0 Å². The Morgan fingerprint density at radius 3 is 2.65 bits per heavy atom. The summed E-state index contributed by atoms with van der Waals surface area (Å²) in [6.07, 6.45) is 0. The van der Waals surface area contributed by atoms with Crippen LogP contribution in [0.3, 0.4) is 0 Å². The molecule has 2 aromatic heterocycles. The molecule has 20 heavy (non-hydrogen) atoms. The van der Waals surface area contributed by atoms with Crippen LogP contribution in [0.2, 0.25) is 0 Å². The van der Waals surface area contributed by atoms with Gasteiger partial charge in [0.1, 0.15) is 17.3 Å². The van der Waals surface area contributed by atoms with Crippen LogP contribution in [0.4, 0.5) is 11.5 Å². The van der Waals surface area contributed by atoms with Crippen molar-refractivity contribution in [3.63, 3.8) is 0 Å². The minimum atomic E-state index is 0.744. The van der Waals surface area contributed by atoms with Gasteiger partial charge in [-0.1, -0.05) is 22.0 Å². The molecular formula is C15H15BrN4. The fraction of sp³-hybridized carbons (Fsp3) is 0.200. The number of benzene rings is 1. The first-order valence-corrected chi connectivity index (χ1v) is 7.19. The lowest BCUT2D eigenvalue weighted by molar-refractivity contribution is 1.08. The molecule has 0 aliphatic heterocycles. The van der Waals surface area contributed by atoms with E-state index in [0.29, 0.717) is 0 Å². The zero-order chi connectivity index (χ0) is 14.3. The minimum absolute atomic E-state index is 0.744. The molecule has 2 heterocycles. The van der Waals surface area contributed by atoms with E-state index in [4.69, 9.17) is 0 Å². The molecule has 0 unspecified atom stereocenters.